The van der Waals surface area contributed by atoms with Gasteiger partial charge in [-0.2, -0.15) is 18.2 Å². The second-order valence-electron chi connectivity index (χ2n) is 10.2. The number of rotatable bonds is 10. The normalized spacial score (nSPS) is 11.8. The second-order valence-corrected chi connectivity index (χ2v) is 10.2. The van der Waals surface area contributed by atoms with Gasteiger partial charge in [0.25, 0.3) is 11.5 Å². The molecule has 15 heteroatoms. The van der Waals surface area contributed by atoms with Crippen LogP contribution in [0, 0.1) is 5.41 Å². The lowest BCUT2D eigenvalue weighted by molar-refractivity contribution is -0.170. The zero-order valence-electron chi connectivity index (χ0n) is 22.8. The van der Waals surface area contributed by atoms with Crippen LogP contribution in [0.5, 0.6) is 0 Å². The molecule has 0 aliphatic rings. The van der Waals surface area contributed by atoms with E-state index < -0.39 is 41.4 Å². The monoisotopic (exact) mass is 576 g/mol. The molecule has 0 aliphatic heterocycles. The van der Waals surface area contributed by atoms with Gasteiger partial charge in [0.15, 0.2) is 11.2 Å². The molecule has 1 aromatic carbocycles. The van der Waals surface area contributed by atoms with Gasteiger partial charge in [-0.05, 0) is 43.7 Å². The Morgan fingerprint density at radius 1 is 1.02 bits per heavy atom. The summed E-state index contributed by atoms with van der Waals surface area (Å²) in [5.74, 6) is -3.18. The third kappa shape index (κ3) is 8.30. The highest BCUT2D eigenvalue weighted by Gasteiger charge is 2.43. The summed E-state index contributed by atoms with van der Waals surface area (Å²) in [5, 5.41) is 5.18. The number of alkyl halides is 3. The van der Waals surface area contributed by atoms with Gasteiger partial charge in [0.2, 0.25) is 11.9 Å². The number of unbranched alkanes of at least 4 members (excludes halogenated alkanes) is 2. The van der Waals surface area contributed by atoms with Crippen molar-refractivity contribution in [2.24, 2.45) is 11.1 Å². The number of carbonyl (C=O) groups excluding carboxylic acids is 3. The van der Waals surface area contributed by atoms with Crippen LogP contribution in [0.2, 0.25) is 0 Å². The van der Waals surface area contributed by atoms with E-state index in [-0.39, 0.29) is 34.1 Å². The smallest absolute Gasteiger partial charge is 0.352 e. The number of hydrogen-bond acceptors (Lipinski definition) is 8. The Morgan fingerprint density at radius 3 is 2.32 bits per heavy atom. The fourth-order valence-electron chi connectivity index (χ4n) is 3.52. The van der Waals surface area contributed by atoms with Gasteiger partial charge in [-0.1, -0.05) is 27.2 Å². The highest BCUT2D eigenvalue weighted by atomic mass is 19.4. The van der Waals surface area contributed by atoms with Crippen molar-refractivity contribution in [3.8, 4) is 0 Å². The van der Waals surface area contributed by atoms with Gasteiger partial charge in [0.05, 0.1) is 18.4 Å². The quantitative estimate of drug-likeness (QED) is 0.266. The Bertz CT molecular complexity index is 1470. The van der Waals surface area contributed by atoms with Crippen molar-refractivity contribution in [3.05, 3.63) is 52.1 Å². The number of fused-ring (bicyclic) bond motifs is 1. The second kappa shape index (κ2) is 12.8. The highest BCUT2D eigenvalue weighted by molar-refractivity contribution is 5.98. The molecule has 0 unspecified atom stereocenters. The van der Waals surface area contributed by atoms with E-state index in [1.165, 1.54) is 24.3 Å². The molecule has 12 nitrogen and oxygen atoms in total. The molecule has 0 saturated carbocycles. The van der Waals surface area contributed by atoms with E-state index in [2.05, 4.69) is 30.6 Å². The Morgan fingerprint density at radius 2 is 1.71 bits per heavy atom. The van der Waals surface area contributed by atoms with Gasteiger partial charge in [-0.25, -0.2) is 9.97 Å². The number of nitrogens with two attached hydrogens (primary N) is 1. The Labute approximate surface area is 233 Å². The number of aromatic amines is 1. The molecule has 3 rings (SSSR count). The van der Waals surface area contributed by atoms with E-state index in [1.54, 1.807) is 20.8 Å². The molecule has 0 fully saturated rings. The van der Waals surface area contributed by atoms with Crippen LogP contribution in [0.25, 0.3) is 11.2 Å². The zero-order valence-corrected chi connectivity index (χ0v) is 22.8. The molecule has 0 spiro atoms. The first kappa shape index (κ1) is 31.1. The molecule has 5 N–H and O–H groups in total. The number of carbonyl (C=O) groups is 3. The summed E-state index contributed by atoms with van der Waals surface area (Å²) in [6, 6.07) is 5.02. The molecule has 0 aliphatic carbocycles. The molecule has 2 aromatic heterocycles. The molecular formula is C26H31F3N8O4. The number of aromatic nitrogens is 4. The summed E-state index contributed by atoms with van der Waals surface area (Å²) in [5.41, 5.74) is 3.33. The van der Waals surface area contributed by atoms with Crippen LogP contribution in [0.15, 0.2) is 35.3 Å². The van der Waals surface area contributed by atoms with E-state index in [0.717, 1.165) is 25.5 Å². The predicted octanol–water partition coefficient (Wildman–Crippen LogP) is 2.65. The minimum absolute atomic E-state index is 0.131. The fourth-order valence-corrected chi connectivity index (χ4v) is 3.52. The van der Waals surface area contributed by atoms with Crippen molar-refractivity contribution in [3.63, 3.8) is 0 Å². The number of halogens is 3. The maximum atomic E-state index is 13.5. The van der Waals surface area contributed by atoms with Crippen molar-refractivity contribution in [2.45, 2.75) is 52.8 Å². The molecule has 0 radical (unpaired) electrons. The van der Waals surface area contributed by atoms with Gasteiger partial charge in [-0.15, -0.1) is 0 Å². The molecule has 3 aromatic rings. The molecule has 0 saturated heterocycles. The lowest BCUT2D eigenvalue weighted by Gasteiger charge is -2.23. The number of benzene rings is 1. The first-order valence-electron chi connectivity index (χ1n) is 12.7. The van der Waals surface area contributed by atoms with Crippen LogP contribution in [-0.2, 0) is 16.1 Å². The largest absolute Gasteiger partial charge is 0.471 e. The third-order valence-electron chi connectivity index (χ3n) is 5.80. The van der Waals surface area contributed by atoms with Crippen molar-refractivity contribution in [1.82, 2.24) is 25.3 Å². The number of amides is 3. The van der Waals surface area contributed by atoms with E-state index in [9.17, 15) is 32.3 Å². The van der Waals surface area contributed by atoms with E-state index in [1.807, 2.05) is 0 Å². The lowest BCUT2D eigenvalue weighted by Crippen LogP contribution is -2.41. The SMILES string of the molecule is CC(C)(C)C(=O)Nc1nc2ncc(CN(C(=O)C(F)(F)F)c3ccc(C(=O)NCCCCCN)cc3)nc2c(=O)[nH]1. The zero-order chi connectivity index (χ0) is 30.4. The van der Waals surface area contributed by atoms with E-state index in [4.69, 9.17) is 5.73 Å². The topological polar surface area (TPSA) is 176 Å². The van der Waals surface area contributed by atoms with Crippen LogP contribution >= 0.6 is 0 Å². The number of anilines is 2. The van der Waals surface area contributed by atoms with Crippen LogP contribution in [0.3, 0.4) is 0 Å². The van der Waals surface area contributed by atoms with Gasteiger partial charge >= 0.3 is 12.1 Å². The minimum Gasteiger partial charge on any atom is -0.352 e. The first-order valence-corrected chi connectivity index (χ1v) is 12.7. The third-order valence-corrected chi connectivity index (χ3v) is 5.80. The maximum Gasteiger partial charge on any atom is 0.471 e. The molecular weight excluding hydrogens is 545 g/mol. The summed E-state index contributed by atoms with van der Waals surface area (Å²) in [4.78, 5) is 64.4. The van der Waals surface area contributed by atoms with E-state index in [0.29, 0.717) is 18.0 Å². The Kier molecular flexibility index (Phi) is 9.75. The van der Waals surface area contributed by atoms with Crippen LogP contribution in [0.4, 0.5) is 24.8 Å². The van der Waals surface area contributed by atoms with Gasteiger partial charge in [0.1, 0.15) is 0 Å². The standard InChI is InChI=1S/C26H31F3N8O4/c1-25(2,3)22(40)36-24-34-19-18(21(39)35-24)33-16(13-32-19)14-37(23(41)26(27,28)29)17-9-7-15(8-10-17)20(38)31-12-6-4-5-11-30/h7-10,13H,4-6,11-12,14,30H2,1-3H3,(H,31,38)(H2,32,34,35,36,39,40). The summed E-state index contributed by atoms with van der Waals surface area (Å²) in [6.07, 6.45) is -1.74. The van der Waals surface area contributed by atoms with Crippen LogP contribution in [-0.4, -0.2) is 56.9 Å². The van der Waals surface area contributed by atoms with Crippen molar-refractivity contribution < 1.29 is 27.6 Å². The summed E-state index contributed by atoms with van der Waals surface area (Å²) in [7, 11) is 0. The van der Waals surface area contributed by atoms with Crippen LogP contribution < -0.4 is 26.8 Å². The van der Waals surface area contributed by atoms with Gasteiger partial charge in [0, 0.05) is 23.2 Å². The number of H-pyrrole nitrogens is 1. The van der Waals surface area contributed by atoms with Crippen molar-refractivity contribution in [2.75, 3.05) is 23.3 Å². The number of nitrogens with one attached hydrogen (secondary N) is 3. The molecule has 41 heavy (non-hydrogen) atoms. The Hall–Kier alpha value is -4.40. The molecule has 2 heterocycles. The molecule has 220 valence electrons. The number of nitrogens with zero attached hydrogens (tertiary/aromatic N) is 4. The minimum atomic E-state index is -5.22. The molecule has 0 bridgehead atoms. The van der Waals surface area contributed by atoms with Crippen molar-refractivity contribution >= 4 is 40.5 Å². The maximum absolute atomic E-state index is 13.5. The average Bonchev–Trinajstić information content (AvgIpc) is 2.90. The molecule has 3 amide bonds. The first-order chi connectivity index (χ1) is 19.2. The van der Waals surface area contributed by atoms with Crippen LogP contribution in [0.1, 0.15) is 56.1 Å². The van der Waals surface area contributed by atoms with Crippen molar-refractivity contribution in [1.29, 1.82) is 0 Å². The Balaban J connectivity index is 1.84. The van der Waals surface area contributed by atoms with Gasteiger partial charge in [-0.3, -0.25) is 34.4 Å². The predicted molar refractivity (Wildman–Crippen MR) is 145 cm³/mol. The van der Waals surface area contributed by atoms with E-state index >= 15 is 0 Å². The summed E-state index contributed by atoms with van der Waals surface area (Å²) in [6.45, 7) is 5.27. The van der Waals surface area contributed by atoms with Gasteiger partial charge < -0.3 is 11.1 Å². The summed E-state index contributed by atoms with van der Waals surface area (Å²) >= 11 is 0. The lowest BCUT2D eigenvalue weighted by atomic mass is 9.96. The molecule has 0 atom stereocenters. The summed E-state index contributed by atoms with van der Waals surface area (Å²) < 4.78 is 40.4. The average molecular weight is 577 g/mol. The fraction of sp³-hybridized carbons (Fsp3) is 0.423. The highest BCUT2D eigenvalue weighted by Crippen LogP contribution is 2.26. The number of hydrogen-bond donors (Lipinski definition) is 4.